The number of aryl methyl sites for hydroxylation is 2. The molecule has 0 aromatic carbocycles. The number of hydrogen-bond acceptors (Lipinski definition) is 4. The monoisotopic (exact) mass is 358 g/mol. The highest BCUT2D eigenvalue weighted by Crippen LogP contribution is 2.34. The highest BCUT2D eigenvalue weighted by Gasteiger charge is 2.29. The van der Waals surface area contributed by atoms with Gasteiger partial charge in [-0.2, -0.15) is 0 Å². The number of rotatable bonds is 2. The smallest absolute Gasteiger partial charge is 0.260 e. The topological polar surface area (TPSA) is 50.2 Å². The first-order chi connectivity index (χ1) is 11.7. The lowest BCUT2D eigenvalue weighted by molar-refractivity contribution is -0.945. The third-order valence-corrected chi connectivity index (χ3v) is 7.73. The average Bonchev–Trinajstić information content (AvgIpc) is 3.24. The van der Waals surface area contributed by atoms with Gasteiger partial charge in [-0.1, -0.05) is 0 Å². The van der Waals surface area contributed by atoms with Crippen LogP contribution >= 0.6 is 22.7 Å². The summed E-state index contributed by atoms with van der Waals surface area (Å²) in [4.78, 5) is 25.8. The molecular formula is C18H20N3OS2+. The van der Waals surface area contributed by atoms with E-state index in [-0.39, 0.29) is 5.56 Å². The highest BCUT2D eigenvalue weighted by molar-refractivity contribution is 7.18. The Morgan fingerprint density at radius 2 is 2.25 bits per heavy atom. The van der Waals surface area contributed by atoms with Crippen LogP contribution in [0.3, 0.4) is 0 Å². The highest BCUT2D eigenvalue weighted by atomic mass is 32.1. The molecule has 24 heavy (non-hydrogen) atoms. The predicted molar refractivity (Wildman–Crippen MR) is 98.2 cm³/mol. The van der Waals surface area contributed by atoms with Crippen LogP contribution in [0.25, 0.3) is 10.2 Å². The summed E-state index contributed by atoms with van der Waals surface area (Å²) >= 11 is 3.60. The molecule has 1 unspecified atom stereocenters. The maximum absolute atomic E-state index is 12.6. The van der Waals surface area contributed by atoms with Crippen molar-refractivity contribution in [3.8, 4) is 0 Å². The van der Waals surface area contributed by atoms with E-state index >= 15 is 0 Å². The molecule has 2 aliphatic rings. The molecule has 3 aromatic heterocycles. The van der Waals surface area contributed by atoms with Gasteiger partial charge in [0, 0.05) is 21.7 Å². The summed E-state index contributed by atoms with van der Waals surface area (Å²) in [6, 6.07) is 2.72. The third-order valence-electron chi connectivity index (χ3n) is 5.55. The lowest BCUT2D eigenvalue weighted by Gasteiger charge is -2.30. The van der Waals surface area contributed by atoms with Gasteiger partial charge in [0.05, 0.1) is 11.9 Å². The summed E-state index contributed by atoms with van der Waals surface area (Å²) in [5, 5.41) is 3.06. The molecule has 4 nitrogen and oxygen atoms in total. The fourth-order valence-electron chi connectivity index (χ4n) is 4.24. The van der Waals surface area contributed by atoms with Crippen molar-refractivity contribution in [3.63, 3.8) is 0 Å². The van der Waals surface area contributed by atoms with Crippen LogP contribution in [0.1, 0.15) is 46.1 Å². The van der Waals surface area contributed by atoms with Crippen molar-refractivity contribution in [2.75, 3.05) is 6.54 Å². The van der Waals surface area contributed by atoms with Crippen LogP contribution < -0.4 is 10.5 Å². The Bertz CT molecular complexity index is 984. The number of thiophene rings is 2. The molecule has 0 saturated heterocycles. The first kappa shape index (κ1) is 14.8. The summed E-state index contributed by atoms with van der Waals surface area (Å²) in [7, 11) is 0. The minimum atomic E-state index is 0.0645. The van der Waals surface area contributed by atoms with Gasteiger partial charge in [-0.25, -0.2) is 4.98 Å². The molecule has 4 heterocycles. The number of hydrogen-bond donors (Lipinski definition) is 2. The number of H-pyrrole nitrogens is 1. The Morgan fingerprint density at radius 1 is 1.33 bits per heavy atom. The van der Waals surface area contributed by atoms with Gasteiger partial charge in [0.1, 0.15) is 17.4 Å². The summed E-state index contributed by atoms with van der Waals surface area (Å²) in [5.41, 5.74) is 2.80. The molecule has 1 aliphatic heterocycles. The summed E-state index contributed by atoms with van der Waals surface area (Å²) in [5.74, 6) is 0.841. The predicted octanol–water partition coefficient (Wildman–Crippen LogP) is 2.24. The van der Waals surface area contributed by atoms with E-state index in [1.54, 1.807) is 11.3 Å². The second kappa shape index (κ2) is 5.51. The van der Waals surface area contributed by atoms with Crippen molar-refractivity contribution in [2.24, 2.45) is 0 Å². The standard InChI is InChI=1S/C18H19N3OS2/c1-10-11-6-8-23-13(11)5-7-21(10)9-15-19-17(22)16-12-3-2-4-14(12)24-18(16)20-15/h6,8,10H,2-5,7,9H2,1H3,(H,19,20,22)/p+1/t10-/m0/s1. The van der Waals surface area contributed by atoms with Crippen molar-refractivity contribution in [2.45, 2.75) is 45.2 Å². The van der Waals surface area contributed by atoms with Crippen molar-refractivity contribution >= 4 is 32.9 Å². The molecule has 3 aromatic rings. The van der Waals surface area contributed by atoms with Crippen LogP contribution in [-0.2, 0) is 25.8 Å². The van der Waals surface area contributed by atoms with Gasteiger partial charge in [0.2, 0.25) is 0 Å². The first-order valence-corrected chi connectivity index (χ1v) is 10.3. The van der Waals surface area contributed by atoms with Crippen molar-refractivity contribution in [1.29, 1.82) is 0 Å². The lowest BCUT2D eigenvalue weighted by atomic mass is 10.0. The van der Waals surface area contributed by atoms with E-state index in [1.807, 2.05) is 11.3 Å². The molecule has 1 aliphatic carbocycles. The molecule has 0 spiro atoms. The van der Waals surface area contributed by atoms with Crippen LogP contribution in [-0.4, -0.2) is 16.5 Å². The Morgan fingerprint density at radius 3 is 3.17 bits per heavy atom. The van der Waals surface area contributed by atoms with E-state index in [4.69, 9.17) is 4.98 Å². The van der Waals surface area contributed by atoms with E-state index < -0.39 is 0 Å². The molecule has 6 heteroatoms. The van der Waals surface area contributed by atoms with Crippen LogP contribution in [0.4, 0.5) is 0 Å². The summed E-state index contributed by atoms with van der Waals surface area (Å²) < 4.78 is 0. The van der Waals surface area contributed by atoms with Crippen molar-refractivity contribution in [3.05, 3.63) is 48.5 Å². The maximum Gasteiger partial charge on any atom is 0.260 e. The van der Waals surface area contributed by atoms with Crippen LogP contribution in [0.2, 0.25) is 0 Å². The molecule has 2 N–H and O–H groups in total. The van der Waals surface area contributed by atoms with Gasteiger partial charge in [-0.05, 0) is 43.2 Å². The SMILES string of the molecule is C[C@H]1c2ccsc2CC[NH+]1Cc1nc2sc3c(c2c(=O)[nH]1)CCC3. The molecule has 124 valence electrons. The number of fused-ring (bicyclic) bond motifs is 4. The van der Waals surface area contributed by atoms with E-state index in [1.165, 1.54) is 32.2 Å². The van der Waals surface area contributed by atoms with Gasteiger partial charge in [0.15, 0.2) is 5.82 Å². The zero-order valence-corrected chi connectivity index (χ0v) is 15.3. The molecule has 0 radical (unpaired) electrons. The van der Waals surface area contributed by atoms with E-state index in [2.05, 4.69) is 23.4 Å². The minimum Gasteiger partial charge on any atom is -0.322 e. The molecule has 0 saturated carbocycles. The van der Waals surface area contributed by atoms with Gasteiger partial charge in [0.25, 0.3) is 5.56 Å². The Hall–Kier alpha value is -1.50. The first-order valence-electron chi connectivity index (χ1n) is 8.65. The second-order valence-electron chi connectivity index (χ2n) is 6.91. The van der Waals surface area contributed by atoms with Gasteiger partial charge < -0.3 is 9.88 Å². The minimum absolute atomic E-state index is 0.0645. The zero-order valence-electron chi connectivity index (χ0n) is 13.6. The van der Waals surface area contributed by atoms with Gasteiger partial charge in [-0.3, -0.25) is 4.79 Å². The van der Waals surface area contributed by atoms with E-state index in [0.717, 1.165) is 48.4 Å². The Labute approximate surface area is 148 Å². The third kappa shape index (κ3) is 2.20. The van der Waals surface area contributed by atoms with Crippen molar-refractivity contribution in [1.82, 2.24) is 9.97 Å². The lowest BCUT2D eigenvalue weighted by Crippen LogP contribution is -3.11. The molecule has 0 bridgehead atoms. The molecule has 0 fully saturated rings. The van der Waals surface area contributed by atoms with Crippen LogP contribution in [0.5, 0.6) is 0 Å². The zero-order chi connectivity index (χ0) is 16.3. The normalized spacial score (nSPS) is 22.7. The average molecular weight is 359 g/mol. The Kier molecular flexibility index (Phi) is 3.40. The number of nitrogens with zero attached hydrogens (tertiary/aromatic N) is 1. The molecule has 5 rings (SSSR count). The van der Waals surface area contributed by atoms with Crippen molar-refractivity contribution < 1.29 is 4.90 Å². The summed E-state index contributed by atoms with van der Waals surface area (Å²) in [6.07, 6.45) is 4.46. The number of nitrogens with one attached hydrogen (secondary N) is 2. The fraction of sp³-hybridized carbons (Fsp3) is 0.444. The van der Waals surface area contributed by atoms with Crippen LogP contribution in [0, 0.1) is 0 Å². The molecular weight excluding hydrogens is 338 g/mol. The Balaban J connectivity index is 1.49. The second-order valence-corrected chi connectivity index (χ2v) is 8.99. The number of quaternary nitrogens is 1. The van der Waals surface area contributed by atoms with E-state index in [0.29, 0.717) is 6.04 Å². The van der Waals surface area contributed by atoms with Crippen LogP contribution in [0.15, 0.2) is 16.2 Å². The molecule has 0 amide bonds. The number of aromatic nitrogens is 2. The summed E-state index contributed by atoms with van der Waals surface area (Å²) in [6.45, 7) is 4.19. The number of aromatic amines is 1. The molecule has 2 atom stereocenters. The van der Waals surface area contributed by atoms with Gasteiger partial charge in [-0.15, -0.1) is 22.7 Å². The fourth-order valence-corrected chi connectivity index (χ4v) is 6.50. The quantitative estimate of drug-likeness (QED) is 0.738. The largest absolute Gasteiger partial charge is 0.322 e. The maximum atomic E-state index is 12.6. The van der Waals surface area contributed by atoms with E-state index in [9.17, 15) is 4.79 Å². The van der Waals surface area contributed by atoms with Gasteiger partial charge >= 0.3 is 0 Å².